The van der Waals surface area contributed by atoms with Gasteiger partial charge >= 0.3 is 0 Å². The van der Waals surface area contributed by atoms with Crippen LogP contribution in [0.15, 0.2) is 11.7 Å². The summed E-state index contributed by atoms with van der Waals surface area (Å²) in [5, 5.41) is 0. The largest absolute Gasteiger partial charge is 0.304 e. The minimum atomic E-state index is -0.0179. The molecule has 0 fully saturated rings. The second kappa shape index (κ2) is 3.30. The maximum absolute atomic E-state index is 5.00. The predicted octanol–water partition coefficient (Wildman–Crippen LogP) is 1.31. The Balaban J connectivity index is 2.73. The molecule has 0 aliphatic carbocycles. The number of thiazole rings is 1. The molecule has 2 N–H and O–H groups in total. The standard InChI is InChI=1S/C7H12N2OS/c1-7(2,4-10-8)6-3-9-5-11-6/h3,5H,4,8H2,1-2H3. The first-order valence-corrected chi connectivity index (χ1v) is 4.25. The molecule has 62 valence electrons. The van der Waals surface area contributed by atoms with Crippen LogP contribution < -0.4 is 5.90 Å². The van der Waals surface area contributed by atoms with Crippen molar-refractivity contribution in [3.8, 4) is 0 Å². The Morgan fingerprint density at radius 2 is 2.45 bits per heavy atom. The second-order valence-corrected chi connectivity index (χ2v) is 3.95. The molecule has 0 aliphatic heterocycles. The fourth-order valence-corrected chi connectivity index (χ4v) is 1.56. The zero-order chi connectivity index (χ0) is 8.32. The molecule has 11 heavy (non-hydrogen) atoms. The van der Waals surface area contributed by atoms with E-state index in [0.29, 0.717) is 6.61 Å². The molecule has 0 saturated carbocycles. The number of nitrogens with two attached hydrogens (primary N) is 1. The highest BCUT2D eigenvalue weighted by atomic mass is 32.1. The normalized spacial score (nSPS) is 11.9. The van der Waals surface area contributed by atoms with Gasteiger partial charge in [0.05, 0.1) is 12.1 Å². The van der Waals surface area contributed by atoms with Crippen molar-refractivity contribution in [3.63, 3.8) is 0 Å². The Kier molecular flexibility index (Phi) is 2.59. The highest BCUT2D eigenvalue weighted by molar-refractivity contribution is 7.09. The molecule has 0 bridgehead atoms. The summed E-state index contributed by atoms with van der Waals surface area (Å²) in [7, 11) is 0. The molecule has 4 heteroatoms. The van der Waals surface area contributed by atoms with E-state index in [0.717, 1.165) is 0 Å². The van der Waals surface area contributed by atoms with Crippen LogP contribution in [0.3, 0.4) is 0 Å². The SMILES string of the molecule is CC(C)(CON)c1cncs1. The van der Waals surface area contributed by atoms with Gasteiger partial charge in [-0.2, -0.15) is 0 Å². The van der Waals surface area contributed by atoms with E-state index < -0.39 is 0 Å². The Morgan fingerprint density at radius 3 is 2.91 bits per heavy atom. The molecule has 1 aromatic heterocycles. The van der Waals surface area contributed by atoms with Gasteiger partial charge in [0.15, 0.2) is 0 Å². The lowest BCUT2D eigenvalue weighted by atomic mass is 9.94. The number of hydrogen-bond acceptors (Lipinski definition) is 4. The first-order valence-electron chi connectivity index (χ1n) is 3.37. The Bertz CT molecular complexity index is 208. The second-order valence-electron chi connectivity index (χ2n) is 3.06. The third-order valence-electron chi connectivity index (χ3n) is 1.54. The van der Waals surface area contributed by atoms with Gasteiger partial charge in [-0.05, 0) is 0 Å². The Hall–Kier alpha value is -0.450. The van der Waals surface area contributed by atoms with Crippen LogP contribution in [0, 0.1) is 0 Å². The molecular formula is C7H12N2OS. The van der Waals surface area contributed by atoms with Crippen molar-refractivity contribution in [1.29, 1.82) is 0 Å². The molecule has 0 atom stereocenters. The van der Waals surface area contributed by atoms with Gasteiger partial charge in [-0.1, -0.05) is 13.8 Å². The van der Waals surface area contributed by atoms with Gasteiger partial charge in [0.2, 0.25) is 0 Å². The van der Waals surface area contributed by atoms with Crippen molar-refractivity contribution >= 4 is 11.3 Å². The summed E-state index contributed by atoms with van der Waals surface area (Å²) >= 11 is 1.62. The van der Waals surface area contributed by atoms with E-state index >= 15 is 0 Å². The van der Waals surface area contributed by atoms with Crippen LogP contribution >= 0.6 is 11.3 Å². The van der Waals surface area contributed by atoms with Crippen LogP contribution in [0.5, 0.6) is 0 Å². The quantitative estimate of drug-likeness (QED) is 0.699. The molecule has 0 aromatic carbocycles. The zero-order valence-corrected chi connectivity index (χ0v) is 7.52. The minimum absolute atomic E-state index is 0.0179. The molecular weight excluding hydrogens is 160 g/mol. The highest BCUT2D eigenvalue weighted by Crippen LogP contribution is 2.25. The van der Waals surface area contributed by atoms with Crippen LogP contribution in [-0.4, -0.2) is 11.6 Å². The monoisotopic (exact) mass is 172 g/mol. The van der Waals surface area contributed by atoms with Crippen LogP contribution in [0.4, 0.5) is 0 Å². The lowest BCUT2D eigenvalue weighted by Gasteiger charge is -2.20. The van der Waals surface area contributed by atoms with Gasteiger partial charge in [-0.15, -0.1) is 11.3 Å². The summed E-state index contributed by atoms with van der Waals surface area (Å²) in [5.74, 6) is 5.00. The molecule has 1 aromatic rings. The Labute approximate surface area is 70.2 Å². The highest BCUT2D eigenvalue weighted by Gasteiger charge is 2.21. The molecule has 0 radical (unpaired) electrons. The van der Waals surface area contributed by atoms with E-state index in [4.69, 9.17) is 5.90 Å². The third-order valence-corrected chi connectivity index (χ3v) is 2.68. The van der Waals surface area contributed by atoms with Crippen LogP contribution in [0.2, 0.25) is 0 Å². The van der Waals surface area contributed by atoms with Gasteiger partial charge < -0.3 is 4.84 Å². The average molecular weight is 172 g/mol. The Morgan fingerprint density at radius 1 is 1.73 bits per heavy atom. The van der Waals surface area contributed by atoms with Crippen molar-refractivity contribution in [2.24, 2.45) is 5.90 Å². The molecule has 1 heterocycles. The van der Waals surface area contributed by atoms with E-state index in [-0.39, 0.29) is 5.41 Å². The van der Waals surface area contributed by atoms with E-state index in [2.05, 4.69) is 23.7 Å². The first kappa shape index (κ1) is 8.64. The van der Waals surface area contributed by atoms with Gasteiger partial charge in [0, 0.05) is 16.5 Å². The molecule has 0 aliphatic rings. The number of nitrogens with zero attached hydrogens (tertiary/aromatic N) is 1. The maximum Gasteiger partial charge on any atom is 0.0794 e. The van der Waals surface area contributed by atoms with Crippen molar-refractivity contribution in [2.75, 3.05) is 6.61 Å². The molecule has 0 amide bonds. The van der Waals surface area contributed by atoms with Crippen LogP contribution in [0.1, 0.15) is 18.7 Å². The van der Waals surface area contributed by atoms with Gasteiger partial charge in [-0.25, -0.2) is 5.90 Å². The maximum atomic E-state index is 5.00. The lowest BCUT2D eigenvalue weighted by molar-refractivity contribution is 0.0976. The van der Waals surface area contributed by atoms with Crippen molar-refractivity contribution in [3.05, 3.63) is 16.6 Å². The van der Waals surface area contributed by atoms with Gasteiger partial charge in [-0.3, -0.25) is 4.98 Å². The lowest BCUT2D eigenvalue weighted by Crippen LogP contribution is -2.24. The van der Waals surface area contributed by atoms with E-state index in [1.165, 1.54) is 4.88 Å². The third kappa shape index (κ3) is 1.99. The topological polar surface area (TPSA) is 48.1 Å². The van der Waals surface area contributed by atoms with Crippen molar-refractivity contribution < 1.29 is 4.84 Å². The van der Waals surface area contributed by atoms with Crippen LogP contribution in [-0.2, 0) is 10.3 Å². The first-order chi connectivity index (χ1) is 5.17. The minimum Gasteiger partial charge on any atom is -0.304 e. The van der Waals surface area contributed by atoms with E-state index in [1.807, 2.05) is 11.7 Å². The van der Waals surface area contributed by atoms with Crippen molar-refractivity contribution in [2.45, 2.75) is 19.3 Å². The summed E-state index contributed by atoms with van der Waals surface area (Å²) in [4.78, 5) is 9.80. The molecule has 0 saturated heterocycles. The summed E-state index contributed by atoms with van der Waals surface area (Å²) in [6.07, 6.45) is 1.85. The van der Waals surface area contributed by atoms with Crippen LogP contribution in [0.25, 0.3) is 0 Å². The van der Waals surface area contributed by atoms with Gasteiger partial charge in [0.1, 0.15) is 0 Å². The summed E-state index contributed by atoms with van der Waals surface area (Å²) < 4.78 is 0. The molecule has 1 rings (SSSR count). The number of hydrogen-bond donors (Lipinski definition) is 1. The average Bonchev–Trinajstić information content (AvgIpc) is 2.37. The molecule has 0 spiro atoms. The predicted molar refractivity (Wildman–Crippen MR) is 45.3 cm³/mol. The van der Waals surface area contributed by atoms with Gasteiger partial charge in [0.25, 0.3) is 0 Å². The summed E-state index contributed by atoms with van der Waals surface area (Å²) in [6, 6.07) is 0. The number of rotatable bonds is 3. The van der Waals surface area contributed by atoms with E-state index in [1.54, 1.807) is 11.3 Å². The fraction of sp³-hybridized carbons (Fsp3) is 0.571. The molecule has 0 unspecified atom stereocenters. The molecule has 3 nitrogen and oxygen atoms in total. The van der Waals surface area contributed by atoms with E-state index in [9.17, 15) is 0 Å². The zero-order valence-electron chi connectivity index (χ0n) is 6.70. The fourth-order valence-electron chi connectivity index (χ4n) is 0.829. The van der Waals surface area contributed by atoms with Crippen molar-refractivity contribution in [1.82, 2.24) is 4.98 Å². The smallest absolute Gasteiger partial charge is 0.0794 e. The number of aromatic nitrogens is 1. The summed E-state index contributed by atoms with van der Waals surface area (Å²) in [6.45, 7) is 4.68. The summed E-state index contributed by atoms with van der Waals surface area (Å²) in [5.41, 5.74) is 1.80.